The zero-order valence-corrected chi connectivity index (χ0v) is 11.3. The van der Waals surface area contributed by atoms with Crippen LogP contribution < -0.4 is 0 Å². The molecular formula is C15H24O2. The third-order valence-electron chi connectivity index (χ3n) is 2.81. The molecule has 2 nitrogen and oxygen atoms in total. The number of benzene rings is 1. The summed E-state index contributed by atoms with van der Waals surface area (Å²) in [7, 11) is 0. The van der Waals surface area contributed by atoms with Crippen LogP contribution in [0.15, 0.2) is 24.3 Å². The number of aliphatic hydroxyl groups excluding tert-OH is 1. The van der Waals surface area contributed by atoms with Gasteiger partial charge in [0.05, 0.1) is 6.10 Å². The highest BCUT2D eigenvalue weighted by Gasteiger charge is 2.16. The molecule has 1 rings (SSSR count). The van der Waals surface area contributed by atoms with Crippen LogP contribution in [0.1, 0.15) is 44.9 Å². The number of rotatable bonds is 6. The van der Waals surface area contributed by atoms with E-state index in [4.69, 9.17) is 4.74 Å². The van der Waals surface area contributed by atoms with Gasteiger partial charge in [-0.3, -0.25) is 0 Å². The van der Waals surface area contributed by atoms with E-state index in [1.165, 1.54) is 5.56 Å². The highest BCUT2D eigenvalue weighted by atomic mass is 16.5. The number of hydrogen-bond acceptors (Lipinski definition) is 2. The van der Waals surface area contributed by atoms with Crippen molar-refractivity contribution in [3.05, 3.63) is 35.4 Å². The van der Waals surface area contributed by atoms with Gasteiger partial charge < -0.3 is 9.84 Å². The van der Waals surface area contributed by atoms with Crippen LogP contribution in [0.2, 0.25) is 0 Å². The summed E-state index contributed by atoms with van der Waals surface area (Å²) in [6.07, 6.45) is 0.347. The first-order valence-corrected chi connectivity index (χ1v) is 6.43. The summed E-state index contributed by atoms with van der Waals surface area (Å²) in [6, 6.07) is 8.17. The second kappa shape index (κ2) is 6.77. The quantitative estimate of drug-likeness (QED) is 0.821. The fraction of sp³-hybridized carbons (Fsp3) is 0.600. The van der Waals surface area contributed by atoms with Gasteiger partial charge in [-0.15, -0.1) is 0 Å². The van der Waals surface area contributed by atoms with Crippen LogP contribution in [0.4, 0.5) is 0 Å². The van der Waals surface area contributed by atoms with Crippen LogP contribution in [0.3, 0.4) is 0 Å². The van der Waals surface area contributed by atoms with Gasteiger partial charge in [-0.25, -0.2) is 0 Å². The first-order chi connectivity index (χ1) is 8.04. The summed E-state index contributed by atoms with van der Waals surface area (Å²) in [5, 5.41) is 10.2. The maximum atomic E-state index is 10.2. The number of aliphatic hydroxyl groups is 1. The molecule has 0 radical (unpaired) electrons. The lowest BCUT2D eigenvalue weighted by molar-refractivity contribution is -0.0228. The van der Waals surface area contributed by atoms with Gasteiger partial charge in [0, 0.05) is 6.61 Å². The molecule has 2 atom stereocenters. The van der Waals surface area contributed by atoms with E-state index in [0.717, 1.165) is 12.0 Å². The normalized spacial score (nSPS) is 14.9. The van der Waals surface area contributed by atoms with Gasteiger partial charge in [0.1, 0.15) is 6.10 Å². The molecule has 0 aliphatic carbocycles. The Kier molecular flexibility index (Phi) is 5.66. The summed E-state index contributed by atoms with van der Waals surface area (Å²) in [5.74, 6) is 0.631. The Labute approximate surface area is 105 Å². The second-order valence-electron chi connectivity index (χ2n) is 4.95. The van der Waals surface area contributed by atoms with E-state index >= 15 is 0 Å². The van der Waals surface area contributed by atoms with Crippen LogP contribution in [0.25, 0.3) is 0 Å². The maximum Gasteiger partial charge on any atom is 0.105 e. The summed E-state index contributed by atoms with van der Waals surface area (Å²) in [6.45, 7) is 8.88. The van der Waals surface area contributed by atoms with E-state index in [2.05, 4.69) is 26.0 Å². The van der Waals surface area contributed by atoms with E-state index in [1.54, 1.807) is 0 Å². The molecule has 1 aromatic carbocycles. The second-order valence-corrected chi connectivity index (χ2v) is 4.95. The zero-order chi connectivity index (χ0) is 12.8. The molecule has 1 aromatic rings. The average Bonchev–Trinajstić information content (AvgIpc) is 2.28. The molecule has 1 N–H and O–H groups in total. The van der Waals surface area contributed by atoms with Crippen molar-refractivity contribution in [2.45, 2.75) is 46.3 Å². The van der Waals surface area contributed by atoms with Crippen LogP contribution in [0.5, 0.6) is 0 Å². The standard InChI is InChI=1S/C15H24O2/c1-5-17-12(4)15(16)14-8-6-7-13(10-14)9-11(2)3/h6-8,10-12,15-16H,5,9H2,1-4H3. The topological polar surface area (TPSA) is 29.5 Å². The minimum absolute atomic E-state index is 0.158. The van der Waals surface area contributed by atoms with E-state index in [-0.39, 0.29) is 6.10 Å². The van der Waals surface area contributed by atoms with E-state index in [1.807, 2.05) is 26.0 Å². The van der Waals surface area contributed by atoms with Crippen molar-refractivity contribution in [1.29, 1.82) is 0 Å². The van der Waals surface area contributed by atoms with Gasteiger partial charge >= 0.3 is 0 Å². The van der Waals surface area contributed by atoms with Crippen molar-refractivity contribution in [2.24, 2.45) is 5.92 Å². The van der Waals surface area contributed by atoms with Crippen LogP contribution in [0, 0.1) is 5.92 Å². The highest BCUT2D eigenvalue weighted by Crippen LogP contribution is 2.21. The molecule has 0 aromatic heterocycles. The van der Waals surface area contributed by atoms with Crippen molar-refractivity contribution < 1.29 is 9.84 Å². The molecule has 0 aliphatic rings. The molecule has 2 unspecified atom stereocenters. The van der Waals surface area contributed by atoms with Crippen molar-refractivity contribution in [1.82, 2.24) is 0 Å². The molecule has 2 heteroatoms. The Morgan fingerprint density at radius 1 is 1.24 bits per heavy atom. The smallest absolute Gasteiger partial charge is 0.105 e. The van der Waals surface area contributed by atoms with Crippen LogP contribution >= 0.6 is 0 Å². The Hall–Kier alpha value is -0.860. The molecule has 0 fully saturated rings. The van der Waals surface area contributed by atoms with Gasteiger partial charge in [0.25, 0.3) is 0 Å². The first kappa shape index (κ1) is 14.2. The number of hydrogen-bond donors (Lipinski definition) is 1. The Morgan fingerprint density at radius 2 is 1.94 bits per heavy atom. The average molecular weight is 236 g/mol. The molecule has 0 bridgehead atoms. The molecule has 0 spiro atoms. The molecule has 0 amide bonds. The van der Waals surface area contributed by atoms with Gasteiger partial charge in [-0.1, -0.05) is 38.1 Å². The molecule has 96 valence electrons. The predicted molar refractivity (Wildman–Crippen MR) is 71.0 cm³/mol. The van der Waals surface area contributed by atoms with Gasteiger partial charge in [-0.2, -0.15) is 0 Å². The van der Waals surface area contributed by atoms with Crippen molar-refractivity contribution in [3.63, 3.8) is 0 Å². The first-order valence-electron chi connectivity index (χ1n) is 6.43. The fourth-order valence-electron chi connectivity index (χ4n) is 2.00. The monoisotopic (exact) mass is 236 g/mol. The van der Waals surface area contributed by atoms with Crippen molar-refractivity contribution >= 4 is 0 Å². The highest BCUT2D eigenvalue weighted by molar-refractivity contribution is 5.26. The fourth-order valence-corrected chi connectivity index (χ4v) is 2.00. The van der Waals surface area contributed by atoms with E-state index < -0.39 is 6.10 Å². The third kappa shape index (κ3) is 4.49. The van der Waals surface area contributed by atoms with Gasteiger partial charge in [-0.05, 0) is 37.3 Å². The van der Waals surface area contributed by atoms with Gasteiger partial charge in [0.2, 0.25) is 0 Å². The van der Waals surface area contributed by atoms with E-state index in [9.17, 15) is 5.11 Å². The Bertz CT molecular complexity index is 333. The van der Waals surface area contributed by atoms with Crippen LogP contribution in [-0.4, -0.2) is 17.8 Å². The van der Waals surface area contributed by atoms with E-state index in [0.29, 0.717) is 12.5 Å². The number of ether oxygens (including phenoxy) is 1. The summed E-state index contributed by atoms with van der Waals surface area (Å²) in [4.78, 5) is 0. The molecule has 0 heterocycles. The molecular weight excluding hydrogens is 212 g/mol. The minimum Gasteiger partial charge on any atom is -0.386 e. The minimum atomic E-state index is -0.540. The summed E-state index contributed by atoms with van der Waals surface area (Å²) < 4.78 is 5.43. The lowest BCUT2D eigenvalue weighted by atomic mass is 9.98. The van der Waals surface area contributed by atoms with Crippen molar-refractivity contribution in [2.75, 3.05) is 6.61 Å². The zero-order valence-electron chi connectivity index (χ0n) is 11.3. The Morgan fingerprint density at radius 3 is 2.53 bits per heavy atom. The summed E-state index contributed by atoms with van der Waals surface area (Å²) in [5.41, 5.74) is 2.23. The lowest BCUT2D eigenvalue weighted by Gasteiger charge is -2.19. The third-order valence-corrected chi connectivity index (χ3v) is 2.81. The summed E-state index contributed by atoms with van der Waals surface area (Å²) >= 11 is 0. The molecule has 17 heavy (non-hydrogen) atoms. The van der Waals surface area contributed by atoms with Crippen molar-refractivity contribution in [3.8, 4) is 0 Å². The van der Waals surface area contributed by atoms with Gasteiger partial charge in [0.15, 0.2) is 0 Å². The predicted octanol–water partition coefficient (Wildman–Crippen LogP) is 3.34. The Balaban J connectivity index is 2.76. The largest absolute Gasteiger partial charge is 0.386 e. The SMILES string of the molecule is CCOC(C)C(O)c1cccc(CC(C)C)c1. The maximum absolute atomic E-state index is 10.2. The van der Waals surface area contributed by atoms with Crippen LogP contribution in [-0.2, 0) is 11.2 Å². The molecule has 0 aliphatic heterocycles. The lowest BCUT2D eigenvalue weighted by Crippen LogP contribution is -2.18. The molecule has 0 saturated heterocycles. The molecule has 0 saturated carbocycles.